The van der Waals surface area contributed by atoms with Gasteiger partial charge in [0.15, 0.2) is 5.16 Å². The Hall–Kier alpha value is -3.13. The lowest BCUT2D eigenvalue weighted by molar-refractivity contribution is -0.114. The average Bonchev–Trinajstić information content (AvgIpc) is 3.11. The number of anilines is 2. The zero-order valence-electron chi connectivity index (χ0n) is 14.0. The summed E-state index contributed by atoms with van der Waals surface area (Å²) < 4.78 is 1.83. The molecule has 2 amide bonds. The van der Waals surface area contributed by atoms with Crippen LogP contribution in [0.25, 0.3) is 5.69 Å². The van der Waals surface area contributed by atoms with Crippen LogP contribution in [-0.4, -0.2) is 32.3 Å². The lowest BCUT2D eigenvalue weighted by Crippen LogP contribution is -2.14. The number of rotatable bonds is 6. The van der Waals surface area contributed by atoms with Crippen LogP contribution in [-0.2, 0) is 9.59 Å². The number of aromatic nitrogens is 3. The number of nitrogens with zero attached hydrogens (tertiary/aromatic N) is 3. The van der Waals surface area contributed by atoms with Crippen LogP contribution in [0.5, 0.6) is 0 Å². The molecule has 26 heavy (non-hydrogen) atoms. The Morgan fingerprint density at radius 3 is 2.31 bits per heavy atom. The van der Waals surface area contributed by atoms with Crippen molar-refractivity contribution in [2.45, 2.75) is 12.1 Å². The molecule has 0 saturated carbocycles. The van der Waals surface area contributed by atoms with Gasteiger partial charge in [-0.05, 0) is 36.4 Å². The van der Waals surface area contributed by atoms with Crippen LogP contribution in [0.4, 0.5) is 11.4 Å². The summed E-state index contributed by atoms with van der Waals surface area (Å²) in [5.41, 5.74) is 2.28. The minimum absolute atomic E-state index is 0.138. The Morgan fingerprint density at radius 2 is 1.65 bits per heavy atom. The molecule has 0 saturated heterocycles. The van der Waals surface area contributed by atoms with Gasteiger partial charge in [0.2, 0.25) is 11.8 Å². The molecule has 0 aliphatic heterocycles. The van der Waals surface area contributed by atoms with E-state index in [2.05, 4.69) is 20.8 Å². The molecule has 2 aromatic carbocycles. The first-order chi connectivity index (χ1) is 12.6. The highest BCUT2D eigenvalue weighted by atomic mass is 32.2. The molecule has 1 aromatic heterocycles. The summed E-state index contributed by atoms with van der Waals surface area (Å²) in [6.45, 7) is 1.45. The summed E-state index contributed by atoms with van der Waals surface area (Å²) in [4.78, 5) is 23.2. The third-order valence-corrected chi connectivity index (χ3v) is 4.32. The summed E-state index contributed by atoms with van der Waals surface area (Å²) in [7, 11) is 0. The van der Waals surface area contributed by atoms with E-state index in [1.165, 1.54) is 18.7 Å². The average molecular weight is 367 g/mol. The van der Waals surface area contributed by atoms with Crippen molar-refractivity contribution < 1.29 is 9.59 Å². The highest BCUT2D eigenvalue weighted by Crippen LogP contribution is 2.20. The molecule has 7 nitrogen and oxygen atoms in total. The maximum absolute atomic E-state index is 12.2. The van der Waals surface area contributed by atoms with Crippen molar-refractivity contribution in [2.24, 2.45) is 0 Å². The van der Waals surface area contributed by atoms with E-state index in [0.29, 0.717) is 16.5 Å². The number of amides is 2. The Bertz CT molecular complexity index is 893. The smallest absolute Gasteiger partial charge is 0.234 e. The zero-order chi connectivity index (χ0) is 18.4. The van der Waals surface area contributed by atoms with Gasteiger partial charge in [0.1, 0.15) is 6.33 Å². The zero-order valence-corrected chi connectivity index (χ0v) is 14.9. The summed E-state index contributed by atoms with van der Waals surface area (Å²) in [5.74, 6) is -0.0792. The molecule has 0 aliphatic carbocycles. The van der Waals surface area contributed by atoms with Crippen LogP contribution < -0.4 is 10.6 Å². The standard InChI is InChI=1S/C18H17N5O2S/c1-13(24)20-14-7-9-15(10-8-14)21-17(25)11-26-18-22-19-12-23(18)16-5-3-2-4-6-16/h2-10,12H,11H2,1H3,(H,20,24)(H,21,25). The summed E-state index contributed by atoms with van der Waals surface area (Å²) in [6.07, 6.45) is 1.62. The van der Waals surface area contributed by atoms with Crippen molar-refractivity contribution in [1.82, 2.24) is 14.8 Å². The van der Waals surface area contributed by atoms with Gasteiger partial charge in [-0.1, -0.05) is 30.0 Å². The van der Waals surface area contributed by atoms with Crippen molar-refractivity contribution in [3.63, 3.8) is 0 Å². The first-order valence-corrected chi connectivity index (χ1v) is 8.86. The lowest BCUT2D eigenvalue weighted by atomic mass is 10.3. The fourth-order valence-electron chi connectivity index (χ4n) is 2.26. The Morgan fingerprint density at radius 1 is 1.00 bits per heavy atom. The Labute approximate surface area is 154 Å². The fourth-order valence-corrected chi connectivity index (χ4v) is 2.98. The first-order valence-electron chi connectivity index (χ1n) is 7.87. The topological polar surface area (TPSA) is 88.9 Å². The summed E-state index contributed by atoms with van der Waals surface area (Å²) in [6, 6.07) is 16.6. The molecule has 3 aromatic rings. The summed E-state index contributed by atoms with van der Waals surface area (Å²) >= 11 is 1.31. The van der Waals surface area contributed by atoms with Crippen molar-refractivity contribution in [2.75, 3.05) is 16.4 Å². The van der Waals surface area contributed by atoms with Gasteiger partial charge in [-0.15, -0.1) is 10.2 Å². The molecule has 8 heteroatoms. The second kappa shape index (κ2) is 8.30. The number of carbonyl (C=O) groups excluding carboxylic acids is 2. The molecule has 132 valence electrons. The van der Waals surface area contributed by atoms with E-state index in [1.807, 2.05) is 34.9 Å². The highest BCUT2D eigenvalue weighted by Gasteiger charge is 2.10. The van der Waals surface area contributed by atoms with Gasteiger partial charge in [0, 0.05) is 24.0 Å². The SMILES string of the molecule is CC(=O)Nc1ccc(NC(=O)CSc2nncn2-c2ccccc2)cc1. The quantitative estimate of drug-likeness (QED) is 0.654. The third kappa shape index (κ3) is 4.70. The molecule has 0 unspecified atom stereocenters. The predicted molar refractivity (Wildman–Crippen MR) is 101 cm³/mol. The third-order valence-electron chi connectivity index (χ3n) is 3.37. The molecule has 0 fully saturated rings. The highest BCUT2D eigenvalue weighted by molar-refractivity contribution is 7.99. The molecule has 0 aliphatic rings. The van der Waals surface area contributed by atoms with E-state index in [-0.39, 0.29) is 17.6 Å². The number of para-hydroxylation sites is 1. The van der Waals surface area contributed by atoms with Crippen LogP contribution in [0.1, 0.15) is 6.92 Å². The lowest BCUT2D eigenvalue weighted by Gasteiger charge is -2.08. The van der Waals surface area contributed by atoms with Gasteiger partial charge >= 0.3 is 0 Å². The normalized spacial score (nSPS) is 10.3. The van der Waals surface area contributed by atoms with E-state index in [1.54, 1.807) is 30.6 Å². The van der Waals surface area contributed by atoms with Gasteiger partial charge in [-0.25, -0.2) is 0 Å². The molecular weight excluding hydrogens is 350 g/mol. The second-order valence-electron chi connectivity index (χ2n) is 5.41. The van der Waals surface area contributed by atoms with Crippen molar-refractivity contribution in [3.05, 3.63) is 60.9 Å². The van der Waals surface area contributed by atoms with E-state index in [4.69, 9.17) is 0 Å². The van der Waals surface area contributed by atoms with Crippen LogP contribution in [0.2, 0.25) is 0 Å². The fraction of sp³-hybridized carbons (Fsp3) is 0.111. The van der Waals surface area contributed by atoms with Gasteiger partial charge < -0.3 is 10.6 Å². The van der Waals surface area contributed by atoms with Crippen LogP contribution in [0, 0.1) is 0 Å². The van der Waals surface area contributed by atoms with E-state index < -0.39 is 0 Å². The summed E-state index contributed by atoms with van der Waals surface area (Å²) in [5, 5.41) is 14.1. The Balaban J connectivity index is 1.57. The number of hydrogen-bond acceptors (Lipinski definition) is 5. The molecule has 0 spiro atoms. The first kappa shape index (κ1) is 17.7. The van der Waals surface area contributed by atoms with E-state index in [9.17, 15) is 9.59 Å². The number of hydrogen-bond donors (Lipinski definition) is 2. The molecule has 2 N–H and O–H groups in total. The van der Waals surface area contributed by atoms with Gasteiger partial charge in [0.05, 0.1) is 5.75 Å². The largest absolute Gasteiger partial charge is 0.326 e. The number of carbonyl (C=O) groups is 2. The van der Waals surface area contributed by atoms with E-state index in [0.717, 1.165) is 5.69 Å². The maximum Gasteiger partial charge on any atom is 0.234 e. The van der Waals surface area contributed by atoms with Crippen molar-refractivity contribution in [1.29, 1.82) is 0 Å². The Kier molecular flexibility index (Phi) is 5.65. The van der Waals surface area contributed by atoms with E-state index >= 15 is 0 Å². The minimum atomic E-state index is -0.148. The molecular formula is C18H17N5O2S. The van der Waals surface area contributed by atoms with Crippen LogP contribution in [0.3, 0.4) is 0 Å². The van der Waals surface area contributed by atoms with Crippen molar-refractivity contribution in [3.8, 4) is 5.69 Å². The number of benzene rings is 2. The number of thioether (sulfide) groups is 1. The van der Waals surface area contributed by atoms with Crippen molar-refractivity contribution >= 4 is 35.0 Å². The van der Waals surface area contributed by atoms with Gasteiger partial charge in [-0.3, -0.25) is 14.2 Å². The minimum Gasteiger partial charge on any atom is -0.326 e. The number of nitrogens with one attached hydrogen (secondary N) is 2. The molecule has 0 atom stereocenters. The molecule has 3 rings (SSSR count). The predicted octanol–water partition coefficient (Wildman–Crippen LogP) is 2.96. The van der Waals surface area contributed by atoms with Crippen LogP contribution >= 0.6 is 11.8 Å². The molecule has 0 radical (unpaired) electrons. The van der Waals surface area contributed by atoms with Gasteiger partial charge in [0.25, 0.3) is 0 Å². The molecule has 1 heterocycles. The monoisotopic (exact) mass is 367 g/mol. The second-order valence-corrected chi connectivity index (χ2v) is 6.36. The molecule has 0 bridgehead atoms. The van der Waals surface area contributed by atoms with Crippen LogP contribution in [0.15, 0.2) is 66.1 Å². The van der Waals surface area contributed by atoms with Gasteiger partial charge in [-0.2, -0.15) is 0 Å². The maximum atomic E-state index is 12.2.